The van der Waals surface area contributed by atoms with Crippen LogP contribution in [0.1, 0.15) is 43.0 Å². The van der Waals surface area contributed by atoms with E-state index in [9.17, 15) is 0 Å². The van der Waals surface area contributed by atoms with E-state index < -0.39 is 0 Å². The molecule has 5 rings (SSSR count). The lowest BCUT2D eigenvalue weighted by Crippen LogP contribution is -2.31. The summed E-state index contributed by atoms with van der Waals surface area (Å²) in [7, 11) is 2.19. The van der Waals surface area contributed by atoms with Gasteiger partial charge in [-0.25, -0.2) is 9.67 Å². The Balaban J connectivity index is 1.35. The van der Waals surface area contributed by atoms with Crippen molar-refractivity contribution in [2.45, 2.75) is 44.7 Å². The predicted molar refractivity (Wildman–Crippen MR) is 110 cm³/mol. The molecule has 0 spiro atoms. The third kappa shape index (κ3) is 3.56. The van der Waals surface area contributed by atoms with Crippen molar-refractivity contribution in [2.75, 3.05) is 33.2 Å². The van der Waals surface area contributed by atoms with Crippen LogP contribution >= 0.6 is 11.3 Å². The number of thiophene rings is 1. The highest BCUT2D eigenvalue weighted by atomic mass is 32.1. The highest BCUT2D eigenvalue weighted by Gasteiger charge is 2.22. The molecule has 0 amide bonds. The summed E-state index contributed by atoms with van der Waals surface area (Å²) in [6.07, 6.45) is 8.30. The van der Waals surface area contributed by atoms with Crippen LogP contribution in [0.3, 0.4) is 0 Å². The van der Waals surface area contributed by atoms with Crippen LogP contribution in [0.25, 0.3) is 21.9 Å². The van der Waals surface area contributed by atoms with Gasteiger partial charge in [-0.05, 0) is 71.0 Å². The maximum absolute atomic E-state index is 4.93. The van der Waals surface area contributed by atoms with E-state index in [1.165, 1.54) is 42.1 Å². The molecular formula is C20H28N6S. The quantitative estimate of drug-likeness (QED) is 0.744. The molecule has 0 unspecified atom stereocenters. The van der Waals surface area contributed by atoms with E-state index in [0.29, 0.717) is 6.04 Å². The zero-order valence-electron chi connectivity index (χ0n) is 16.0. The molecule has 6 nitrogen and oxygen atoms in total. The second-order valence-corrected chi connectivity index (χ2v) is 9.22. The fourth-order valence-electron chi connectivity index (χ4n) is 4.37. The zero-order chi connectivity index (χ0) is 18.2. The number of rotatable bonds is 4. The van der Waals surface area contributed by atoms with Gasteiger partial charge in [0.05, 0.1) is 17.1 Å². The molecule has 0 saturated carbocycles. The Morgan fingerprint density at radius 1 is 1.11 bits per heavy atom. The van der Waals surface area contributed by atoms with Crippen LogP contribution in [-0.2, 0) is 6.54 Å². The van der Waals surface area contributed by atoms with Gasteiger partial charge in [0, 0.05) is 11.4 Å². The molecule has 27 heavy (non-hydrogen) atoms. The van der Waals surface area contributed by atoms with Gasteiger partial charge in [0.2, 0.25) is 0 Å². The van der Waals surface area contributed by atoms with Crippen LogP contribution in [0.4, 0.5) is 0 Å². The van der Waals surface area contributed by atoms with E-state index in [1.54, 1.807) is 0 Å². The lowest BCUT2D eigenvalue weighted by atomic mass is 10.1. The smallest absolute Gasteiger partial charge is 0.177 e. The predicted octanol–water partition coefficient (Wildman–Crippen LogP) is 3.74. The molecule has 3 aromatic heterocycles. The number of likely N-dealkylation sites (tertiary alicyclic amines) is 2. The van der Waals surface area contributed by atoms with Crippen LogP contribution in [0.15, 0.2) is 18.3 Å². The number of hydrogen-bond acceptors (Lipinski definition) is 5. The van der Waals surface area contributed by atoms with Gasteiger partial charge in [0.15, 0.2) is 11.5 Å². The van der Waals surface area contributed by atoms with E-state index in [1.807, 2.05) is 17.5 Å². The van der Waals surface area contributed by atoms with Crippen molar-refractivity contribution >= 4 is 22.5 Å². The van der Waals surface area contributed by atoms with Gasteiger partial charge in [0.25, 0.3) is 0 Å². The van der Waals surface area contributed by atoms with Gasteiger partial charge >= 0.3 is 0 Å². The summed E-state index contributed by atoms with van der Waals surface area (Å²) >= 11 is 1.87. The summed E-state index contributed by atoms with van der Waals surface area (Å²) in [6, 6.07) is 4.95. The average molecular weight is 385 g/mol. The van der Waals surface area contributed by atoms with Gasteiger partial charge in [-0.2, -0.15) is 5.10 Å². The minimum absolute atomic E-state index is 0.466. The Morgan fingerprint density at radius 2 is 1.93 bits per heavy atom. The van der Waals surface area contributed by atoms with Crippen LogP contribution in [0, 0.1) is 0 Å². The van der Waals surface area contributed by atoms with E-state index in [0.717, 1.165) is 49.5 Å². The number of nitrogens with zero attached hydrogens (tertiary/aromatic N) is 5. The van der Waals surface area contributed by atoms with Crippen molar-refractivity contribution in [3.63, 3.8) is 0 Å². The lowest BCUT2D eigenvalue weighted by molar-refractivity contribution is 0.215. The molecule has 2 fully saturated rings. The minimum atomic E-state index is 0.466. The van der Waals surface area contributed by atoms with Crippen molar-refractivity contribution < 1.29 is 0 Å². The number of aromatic amines is 1. The van der Waals surface area contributed by atoms with Crippen molar-refractivity contribution in [2.24, 2.45) is 0 Å². The Labute approximate surface area is 164 Å². The van der Waals surface area contributed by atoms with Gasteiger partial charge in [0.1, 0.15) is 5.52 Å². The molecule has 0 bridgehead atoms. The topological polar surface area (TPSA) is 53.0 Å². The first kappa shape index (κ1) is 17.4. The Hall–Kier alpha value is -1.70. The first-order valence-corrected chi connectivity index (χ1v) is 11.0. The number of H-pyrrole nitrogens is 1. The summed E-state index contributed by atoms with van der Waals surface area (Å²) in [4.78, 5) is 16.0. The van der Waals surface area contributed by atoms with Gasteiger partial charge in [-0.15, -0.1) is 11.3 Å². The molecule has 0 aromatic carbocycles. The molecule has 0 aliphatic carbocycles. The molecule has 2 aliphatic heterocycles. The van der Waals surface area contributed by atoms with Crippen LogP contribution in [0.2, 0.25) is 0 Å². The molecule has 0 radical (unpaired) electrons. The second kappa shape index (κ2) is 7.37. The Bertz CT molecular complexity index is 895. The molecule has 3 aromatic rings. The number of imidazole rings is 1. The van der Waals surface area contributed by atoms with Crippen molar-refractivity contribution in [3.8, 4) is 10.7 Å². The number of nitrogens with one attached hydrogen (secondary N) is 1. The lowest BCUT2D eigenvalue weighted by Gasteiger charge is -2.28. The van der Waals surface area contributed by atoms with E-state index >= 15 is 0 Å². The van der Waals surface area contributed by atoms with Crippen molar-refractivity contribution in [3.05, 3.63) is 23.2 Å². The van der Waals surface area contributed by atoms with E-state index in [-0.39, 0.29) is 0 Å². The second-order valence-electron chi connectivity index (χ2n) is 8.05. The van der Waals surface area contributed by atoms with E-state index in [4.69, 9.17) is 4.98 Å². The third-order valence-electron chi connectivity index (χ3n) is 6.00. The molecule has 7 heteroatoms. The monoisotopic (exact) mass is 384 g/mol. The number of hydrogen-bond donors (Lipinski definition) is 1. The molecule has 2 aliphatic rings. The summed E-state index contributed by atoms with van der Waals surface area (Å²) in [5.74, 6) is 0.985. The largest absolute Gasteiger partial charge is 0.335 e. The average Bonchev–Trinajstić information content (AvgIpc) is 3.39. The fourth-order valence-corrected chi connectivity index (χ4v) is 5.36. The number of piperidine rings is 2. The van der Waals surface area contributed by atoms with Crippen LogP contribution < -0.4 is 0 Å². The number of fused-ring (bicyclic) bond motifs is 1. The van der Waals surface area contributed by atoms with Gasteiger partial charge in [-0.1, -0.05) is 6.42 Å². The molecule has 1 N–H and O–H groups in total. The number of aromatic nitrogens is 4. The summed E-state index contributed by atoms with van der Waals surface area (Å²) in [6.45, 7) is 5.82. The third-order valence-corrected chi connectivity index (χ3v) is 7.07. The van der Waals surface area contributed by atoms with Gasteiger partial charge < -0.3 is 9.88 Å². The maximum atomic E-state index is 4.93. The van der Waals surface area contributed by atoms with E-state index in [2.05, 4.69) is 43.7 Å². The maximum Gasteiger partial charge on any atom is 0.177 e. The van der Waals surface area contributed by atoms with Crippen molar-refractivity contribution in [1.82, 2.24) is 29.5 Å². The van der Waals surface area contributed by atoms with Crippen LogP contribution in [0.5, 0.6) is 0 Å². The summed E-state index contributed by atoms with van der Waals surface area (Å²) < 4.78 is 2.14. The highest BCUT2D eigenvalue weighted by Crippen LogP contribution is 2.31. The molecule has 2 saturated heterocycles. The SMILES string of the molecule is CN1CCC(n2ncc3[nH]c(-c4ccc(CN5CCCCC5)s4)nc32)CC1. The summed E-state index contributed by atoms with van der Waals surface area (Å²) in [5.41, 5.74) is 2.06. The first-order valence-electron chi connectivity index (χ1n) is 10.2. The molecule has 5 heterocycles. The first-order chi connectivity index (χ1) is 13.3. The van der Waals surface area contributed by atoms with Gasteiger partial charge in [-0.3, -0.25) is 4.90 Å². The normalized spacial score (nSPS) is 20.6. The fraction of sp³-hybridized carbons (Fsp3) is 0.600. The Morgan fingerprint density at radius 3 is 2.74 bits per heavy atom. The van der Waals surface area contributed by atoms with Crippen molar-refractivity contribution in [1.29, 1.82) is 0 Å². The zero-order valence-corrected chi connectivity index (χ0v) is 16.8. The molecule has 0 atom stereocenters. The summed E-state index contributed by atoms with van der Waals surface area (Å²) in [5, 5.41) is 4.62. The standard InChI is InChI=1S/C20H28N6S/c1-24-11-7-15(8-12-24)26-20-17(13-21-26)22-19(23-20)18-6-5-16(27-18)14-25-9-3-2-4-10-25/h5-6,13,15H,2-4,7-12,14H2,1H3,(H,22,23). The molecule has 144 valence electrons. The van der Waals surface area contributed by atoms with Crippen LogP contribution in [-0.4, -0.2) is 62.8 Å². The molecular weight excluding hydrogens is 356 g/mol. The Kier molecular flexibility index (Phi) is 4.75. The highest BCUT2D eigenvalue weighted by molar-refractivity contribution is 7.15. The minimum Gasteiger partial charge on any atom is -0.335 e.